The largest absolute Gasteiger partial charge is 0.327 e. The van der Waals surface area contributed by atoms with Crippen molar-refractivity contribution in [3.63, 3.8) is 0 Å². The second-order valence-corrected chi connectivity index (χ2v) is 6.48. The van der Waals surface area contributed by atoms with Crippen molar-refractivity contribution in [1.29, 1.82) is 0 Å². The summed E-state index contributed by atoms with van der Waals surface area (Å²) in [6.07, 6.45) is 2.86. The van der Waals surface area contributed by atoms with Gasteiger partial charge in [-0.25, -0.2) is 0 Å². The predicted molar refractivity (Wildman–Crippen MR) is 86.2 cm³/mol. The highest BCUT2D eigenvalue weighted by atomic mass is 32.2. The summed E-state index contributed by atoms with van der Waals surface area (Å²) >= 11 is 1.83. The molecule has 2 rings (SSSR count). The molecule has 1 atom stereocenters. The van der Waals surface area contributed by atoms with E-state index in [9.17, 15) is 0 Å². The molecule has 1 aromatic heterocycles. The lowest BCUT2D eigenvalue weighted by Gasteiger charge is -2.11. The second-order valence-electron chi connectivity index (χ2n) is 5.42. The molecule has 3 nitrogen and oxygen atoms in total. The number of aromatic nitrogens is 2. The van der Waals surface area contributed by atoms with Crippen molar-refractivity contribution in [1.82, 2.24) is 9.78 Å². The maximum atomic E-state index is 6.22. The summed E-state index contributed by atoms with van der Waals surface area (Å²) in [5, 5.41) is 4.55. The van der Waals surface area contributed by atoms with Crippen LogP contribution in [0.15, 0.2) is 41.4 Å². The molecule has 0 spiro atoms. The predicted octanol–water partition coefficient (Wildman–Crippen LogP) is 3.43. The zero-order valence-electron chi connectivity index (χ0n) is 12.4. The second kappa shape index (κ2) is 6.95. The van der Waals surface area contributed by atoms with Gasteiger partial charge in [0.1, 0.15) is 0 Å². The SMILES string of the molecule is Cc1ccccc1SCC(N)Cc1ccn(C(C)C)n1. The first-order valence-corrected chi connectivity index (χ1v) is 8.03. The van der Waals surface area contributed by atoms with Gasteiger partial charge in [0.25, 0.3) is 0 Å². The van der Waals surface area contributed by atoms with E-state index >= 15 is 0 Å². The van der Waals surface area contributed by atoms with E-state index in [1.54, 1.807) is 0 Å². The first-order valence-electron chi connectivity index (χ1n) is 7.04. The minimum Gasteiger partial charge on any atom is -0.327 e. The first kappa shape index (κ1) is 15.1. The molecule has 2 N–H and O–H groups in total. The number of aryl methyl sites for hydroxylation is 1. The number of hydrogen-bond donors (Lipinski definition) is 1. The van der Waals surface area contributed by atoms with Gasteiger partial charge in [0, 0.05) is 35.3 Å². The van der Waals surface area contributed by atoms with Crippen molar-refractivity contribution in [2.45, 2.75) is 44.2 Å². The molecule has 0 aliphatic heterocycles. The van der Waals surface area contributed by atoms with Gasteiger partial charge in [-0.1, -0.05) is 18.2 Å². The Balaban J connectivity index is 1.86. The fourth-order valence-electron chi connectivity index (χ4n) is 2.02. The normalized spacial score (nSPS) is 12.8. The van der Waals surface area contributed by atoms with Crippen molar-refractivity contribution < 1.29 is 0 Å². The molecule has 0 amide bonds. The summed E-state index contributed by atoms with van der Waals surface area (Å²) in [4.78, 5) is 1.32. The molecule has 1 heterocycles. The van der Waals surface area contributed by atoms with Crippen molar-refractivity contribution in [3.8, 4) is 0 Å². The average Bonchev–Trinajstić information content (AvgIpc) is 2.86. The number of benzene rings is 1. The molecule has 0 aliphatic carbocycles. The van der Waals surface area contributed by atoms with E-state index in [4.69, 9.17) is 5.73 Å². The monoisotopic (exact) mass is 289 g/mol. The van der Waals surface area contributed by atoms with E-state index in [1.165, 1.54) is 10.5 Å². The van der Waals surface area contributed by atoms with Crippen LogP contribution in [0.3, 0.4) is 0 Å². The molecule has 0 fully saturated rings. The van der Waals surface area contributed by atoms with E-state index in [-0.39, 0.29) is 6.04 Å². The van der Waals surface area contributed by atoms with Gasteiger partial charge < -0.3 is 5.73 Å². The molecule has 0 aliphatic rings. The van der Waals surface area contributed by atoms with Gasteiger partial charge in [-0.05, 0) is 38.5 Å². The number of nitrogens with zero attached hydrogens (tertiary/aromatic N) is 2. The number of rotatable bonds is 6. The number of hydrogen-bond acceptors (Lipinski definition) is 3. The van der Waals surface area contributed by atoms with Crippen molar-refractivity contribution in [2.24, 2.45) is 5.73 Å². The van der Waals surface area contributed by atoms with Crippen molar-refractivity contribution >= 4 is 11.8 Å². The van der Waals surface area contributed by atoms with Gasteiger partial charge in [0.05, 0.1) is 5.69 Å². The maximum absolute atomic E-state index is 6.22. The van der Waals surface area contributed by atoms with Gasteiger partial charge in [0.2, 0.25) is 0 Å². The molecule has 1 unspecified atom stereocenters. The highest BCUT2D eigenvalue weighted by Gasteiger charge is 2.09. The van der Waals surface area contributed by atoms with Crippen molar-refractivity contribution in [3.05, 3.63) is 47.8 Å². The standard InChI is InChI=1S/C16H23N3S/c1-12(2)19-9-8-15(18-19)10-14(17)11-20-16-7-5-4-6-13(16)3/h4-9,12,14H,10-11,17H2,1-3H3. The Morgan fingerprint density at radius 2 is 2.00 bits per heavy atom. The summed E-state index contributed by atoms with van der Waals surface area (Å²) in [5.74, 6) is 0.916. The van der Waals surface area contributed by atoms with E-state index in [1.807, 2.05) is 22.6 Å². The lowest BCUT2D eigenvalue weighted by molar-refractivity contribution is 0.523. The average molecular weight is 289 g/mol. The lowest BCUT2D eigenvalue weighted by Crippen LogP contribution is -2.26. The molecule has 108 valence electrons. The Morgan fingerprint density at radius 1 is 1.25 bits per heavy atom. The summed E-state index contributed by atoms with van der Waals surface area (Å²) in [6.45, 7) is 6.40. The molecular formula is C16H23N3S. The molecule has 0 saturated carbocycles. The van der Waals surface area contributed by atoms with Crippen LogP contribution in [0.4, 0.5) is 0 Å². The third-order valence-corrected chi connectivity index (χ3v) is 4.57. The number of thioether (sulfide) groups is 1. The van der Waals surface area contributed by atoms with Crippen LogP contribution in [-0.4, -0.2) is 21.6 Å². The Bertz CT molecular complexity index is 548. The maximum Gasteiger partial charge on any atom is 0.0640 e. The minimum atomic E-state index is 0.134. The quantitative estimate of drug-likeness (QED) is 0.829. The van der Waals surface area contributed by atoms with E-state index in [0.29, 0.717) is 6.04 Å². The van der Waals surface area contributed by atoms with Crippen LogP contribution >= 0.6 is 11.8 Å². The Labute approximate surface area is 125 Å². The third kappa shape index (κ3) is 4.12. The topological polar surface area (TPSA) is 43.8 Å². The molecular weight excluding hydrogens is 266 g/mol. The van der Waals surface area contributed by atoms with E-state index < -0.39 is 0 Å². The smallest absolute Gasteiger partial charge is 0.0640 e. The zero-order valence-corrected chi connectivity index (χ0v) is 13.2. The van der Waals surface area contributed by atoms with Gasteiger partial charge >= 0.3 is 0 Å². The van der Waals surface area contributed by atoms with Gasteiger partial charge in [-0.3, -0.25) is 4.68 Å². The lowest BCUT2D eigenvalue weighted by atomic mass is 10.2. The van der Waals surface area contributed by atoms with Gasteiger partial charge in [-0.15, -0.1) is 11.8 Å². The summed E-state index contributed by atoms with van der Waals surface area (Å²) in [5.41, 5.74) is 8.61. The van der Waals surface area contributed by atoms with E-state index in [2.05, 4.69) is 56.2 Å². The van der Waals surface area contributed by atoms with Crippen LogP contribution in [0.1, 0.15) is 31.1 Å². The molecule has 2 aromatic rings. The van der Waals surface area contributed by atoms with Crippen molar-refractivity contribution in [2.75, 3.05) is 5.75 Å². The zero-order chi connectivity index (χ0) is 14.5. The molecule has 0 radical (unpaired) electrons. The fourth-order valence-corrected chi connectivity index (χ4v) is 3.00. The van der Waals surface area contributed by atoms with E-state index in [0.717, 1.165) is 17.9 Å². The van der Waals surface area contributed by atoms with Crippen LogP contribution in [-0.2, 0) is 6.42 Å². The Hall–Kier alpha value is -1.26. The summed E-state index contributed by atoms with van der Waals surface area (Å²) in [6, 6.07) is 11.0. The molecule has 4 heteroatoms. The first-order chi connectivity index (χ1) is 9.56. The fraction of sp³-hybridized carbons (Fsp3) is 0.438. The minimum absolute atomic E-state index is 0.134. The van der Waals surface area contributed by atoms with Crippen LogP contribution in [0.2, 0.25) is 0 Å². The van der Waals surface area contributed by atoms with Crippen LogP contribution < -0.4 is 5.73 Å². The van der Waals surface area contributed by atoms with Gasteiger partial charge in [-0.2, -0.15) is 5.10 Å². The van der Waals surface area contributed by atoms with Gasteiger partial charge in [0.15, 0.2) is 0 Å². The van der Waals surface area contributed by atoms with Crippen LogP contribution in [0.5, 0.6) is 0 Å². The third-order valence-electron chi connectivity index (χ3n) is 3.21. The number of nitrogens with two attached hydrogens (primary N) is 1. The Kier molecular flexibility index (Phi) is 5.26. The molecule has 20 heavy (non-hydrogen) atoms. The summed E-state index contributed by atoms with van der Waals surface area (Å²) in [7, 11) is 0. The molecule has 0 saturated heterocycles. The molecule has 1 aromatic carbocycles. The highest BCUT2D eigenvalue weighted by molar-refractivity contribution is 7.99. The van der Waals surface area contributed by atoms with Crippen LogP contribution in [0.25, 0.3) is 0 Å². The highest BCUT2D eigenvalue weighted by Crippen LogP contribution is 2.22. The van der Waals surface area contributed by atoms with Crippen LogP contribution in [0, 0.1) is 6.92 Å². The molecule has 0 bridgehead atoms. The summed E-state index contributed by atoms with van der Waals surface area (Å²) < 4.78 is 1.98. The Morgan fingerprint density at radius 3 is 2.65 bits per heavy atom.